The van der Waals surface area contributed by atoms with Crippen molar-refractivity contribution in [3.05, 3.63) is 0 Å². The third-order valence-electron chi connectivity index (χ3n) is 2.46. The van der Waals surface area contributed by atoms with Crippen molar-refractivity contribution < 1.29 is 4.79 Å². The standard InChI is InChI=1S/C10H14BrNOS/c1-14-9-4-2-3-8(7-9)12-10(13)5-6-11/h8-9H,2-4,7H2,1H3,(H,12,13). The fourth-order valence-corrected chi connectivity index (χ4v) is 2.76. The molecule has 2 unspecified atom stereocenters. The van der Waals surface area contributed by atoms with Crippen LogP contribution < -0.4 is 5.32 Å². The lowest BCUT2D eigenvalue weighted by Gasteiger charge is -2.27. The number of carbonyl (C=O) groups excluding carboxylic acids is 1. The fourth-order valence-electron chi connectivity index (χ4n) is 1.75. The van der Waals surface area contributed by atoms with Crippen molar-refractivity contribution in [2.75, 3.05) is 6.26 Å². The first-order chi connectivity index (χ1) is 6.76. The number of rotatable bonds is 2. The Morgan fingerprint density at radius 1 is 1.57 bits per heavy atom. The topological polar surface area (TPSA) is 29.1 Å². The first-order valence-electron chi connectivity index (χ1n) is 4.71. The molecule has 0 aromatic heterocycles. The van der Waals surface area contributed by atoms with E-state index in [4.69, 9.17) is 0 Å². The minimum atomic E-state index is -0.173. The molecule has 0 bridgehead atoms. The minimum Gasteiger partial charge on any atom is -0.342 e. The smallest absolute Gasteiger partial charge is 0.296 e. The normalized spacial score (nSPS) is 26.1. The Labute approximate surface area is 97.7 Å². The van der Waals surface area contributed by atoms with Gasteiger partial charge in [-0.25, -0.2) is 0 Å². The van der Waals surface area contributed by atoms with Crippen LogP contribution >= 0.6 is 27.7 Å². The Morgan fingerprint density at radius 2 is 2.36 bits per heavy atom. The maximum Gasteiger partial charge on any atom is 0.296 e. The number of halogens is 1. The summed E-state index contributed by atoms with van der Waals surface area (Å²) in [4.78, 5) is 13.6. The van der Waals surface area contributed by atoms with Gasteiger partial charge in [-0.1, -0.05) is 6.42 Å². The maximum absolute atomic E-state index is 11.2. The second-order valence-electron chi connectivity index (χ2n) is 3.41. The van der Waals surface area contributed by atoms with Crippen LogP contribution in [-0.4, -0.2) is 23.5 Å². The van der Waals surface area contributed by atoms with E-state index < -0.39 is 0 Å². The van der Waals surface area contributed by atoms with Crippen LogP contribution in [-0.2, 0) is 4.79 Å². The van der Waals surface area contributed by atoms with Gasteiger partial charge in [-0.2, -0.15) is 11.8 Å². The summed E-state index contributed by atoms with van der Waals surface area (Å²) < 4.78 is 0. The number of hydrogen-bond donors (Lipinski definition) is 1. The Kier molecular flexibility index (Phi) is 5.42. The summed E-state index contributed by atoms with van der Waals surface area (Å²) >= 11 is 4.81. The summed E-state index contributed by atoms with van der Waals surface area (Å²) in [6, 6.07) is 0.321. The van der Waals surface area contributed by atoms with E-state index in [1.165, 1.54) is 12.8 Å². The highest BCUT2D eigenvalue weighted by molar-refractivity contribution is 9.12. The van der Waals surface area contributed by atoms with Gasteiger partial charge < -0.3 is 5.32 Å². The summed E-state index contributed by atoms with van der Waals surface area (Å²) in [7, 11) is 0. The van der Waals surface area contributed by atoms with Gasteiger partial charge in [0, 0.05) is 33.1 Å². The predicted molar refractivity (Wildman–Crippen MR) is 64.4 cm³/mol. The van der Waals surface area contributed by atoms with Gasteiger partial charge in [0.1, 0.15) is 0 Å². The third-order valence-corrected chi connectivity index (χ3v) is 3.75. The zero-order valence-corrected chi connectivity index (χ0v) is 10.6. The van der Waals surface area contributed by atoms with Crippen LogP contribution in [0, 0.1) is 10.8 Å². The number of hydrogen-bond acceptors (Lipinski definition) is 2. The molecule has 0 spiro atoms. The first-order valence-corrected chi connectivity index (χ1v) is 6.79. The average molecular weight is 276 g/mol. The van der Waals surface area contributed by atoms with Gasteiger partial charge in [-0.05, 0) is 30.3 Å². The zero-order chi connectivity index (χ0) is 10.4. The molecule has 1 saturated carbocycles. The largest absolute Gasteiger partial charge is 0.342 e. The van der Waals surface area contributed by atoms with Crippen LogP contribution in [0.3, 0.4) is 0 Å². The molecule has 0 radical (unpaired) electrons. The van der Waals surface area contributed by atoms with Crippen LogP contribution in [0.4, 0.5) is 0 Å². The molecule has 2 nitrogen and oxygen atoms in total. The third kappa shape index (κ3) is 3.93. The lowest BCUT2D eigenvalue weighted by molar-refractivity contribution is -0.116. The van der Waals surface area contributed by atoms with Gasteiger partial charge in [0.25, 0.3) is 5.91 Å². The van der Waals surface area contributed by atoms with Crippen molar-refractivity contribution in [3.8, 4) is 10.8 Å². The predicted octanol–water partition coefficient (Wildman–Crippen LogP) is 2.13. The molecule has 0 aromatic rings. The van der Waals surface area contributed by atoms with Crippen molar-refractivity contribution in [1.29, 1.82) is 0 Å². The summed E-state index contributed by atoms with van der Waals surface area (Å²) in [6.45, 7) is 0. The molecule has 1 amide bonds. The number of amides is 1. The van der Waals surface area contributed by atoms with Gasteiger partial charge in [0.05, 0.1) is 0 Å². The molecular weight excluding hydrogens is 262 g/mol. The van der Waals surface area contributed by atoms with Crippen LogP contribution in [0.15, 0.2) is 0 Å². The van der Waals surface area contributed by atoms with Crippen molar-refractivity contribution in [3.63, 3.8) is 0 Å². The van der Waals surface area contributed by atoms with Gasteiger partial charge >= 0.3 is 0 Å². The fraction of sp³-hybridized carbons (Fsp3) is 0.700. The highest BCUT2D eigenvalue weighted by Gasteiger charge is 2.21. The van der Waals surface area contributed by atoms with Crippen LogP contribution in [0.25, 0.3) is 0 Å². The lowest BCUT2D eigenvalue weighted by atomic mass is 9.95. The molecule has 0 saturated heterocycles. The molecule has 1 N–H and O–H groups in total. The average Bonchev–Trinajstić information content (AvgIpc) is 2.18. The van der Waals surface area contributed by atoms with Gasteiger partial charge in [0.2, 0.25) is 0 Å². The van der Waals surface area contributed by atoms with E-state index >= 15 is 0 Å². The van der Waals surface area contributed by atoms with Crippen molar-refractivity contribution >= 4 is 33.6 Å². The SMILES string of the molecule is CSC1CCCC(NC(=O)C#CBr)C1. The van der Waals surface area contributed by atoms with E-state index in [1.807, 2.05) is 11.8 Å². The van der Waals surface area contributed by atoms with E-state index in [1.54, 1.807) is 0 Å². The van der Waals surface area contributed by atoms with Gasteiger partial charge in [0.15, 0.2) is 0 Å². The van der Waals surface area contributed by atoms with Crippen LogP contribution in [0.5, 0.6) is 0 Å². The molecule has 0 aromatic carbocycles. The van der Waals surface area contributed by atoms with E-state index in [0.717, 1.165) is 12.8 Å². The van der Waals surface area contributed by atoms with Gasteiger partial charge in [-0.15, -0.1) is 0 Å². The summed E-state index contributed by atoms with van der Waals surface area (Å²) in [5.41, 5.74) is 0. The van der Waals surface area contributed by atoms with Gasteiger partial charge in [-0.3, -0.25) is 4.79 Å². The van der Waals surface area contributed by atoms with E-state index in [2.05, 4.69) is 38.3 Å². The Morgan fingerprint density at radius 3 is 3.00 bits per heavy atom. The Hall–Kier alpha value is -0.140. The summed E-state index contributed by atoms with van der Waals surface area (Å²) in [5.74, 6) is 2.26. The summed E-state index contributed by atoms with van der Waals surface area (Å²) in [5, 5.41) is 3.63. The maximum atomic E-state index is 11.2. The van der Waals surface area contributed by atoms with Crippen LogP contribution in [0.2, 0.25) is 0 Å². The molecule has 4 heteroatoms. The molecule has 1 aliphatic carbocycles. The Balaban J connectivity index is 2.36. The van der Waals surface area contributed by atoms with E-state index in [-0.39, 0.29) is 5.91 Å². The molecule has 2 atom stereocenters. The lowest BCUT2D eigenvalue weighted by Crippen LogP contribution is -2.38. The molecule has 1 aliphatic rings. The second-order valence-corrected chi connectivity index (χ2v) is 4.95. The number of carbonyl (C=O) groups is 1. The molecule has 0 aliphatic heterocycles. The zero-order valence-electron chi connectivity index (χ0n) is 8.18. The second kappa shape index (κ2) is 6.36. The highest BCUT2D eigenvalue weighted by atomic mass is 79.9. The number of thioether (sulfide) groups is 1. The summed E-state index contributed by atoms with van der Waals surface area (Å²) in [6.07, 6.45) is 6.78. The van der Waals surface area contributed by atoms with E-state index in [0.29, 0.717) is 11.3 Å². The minimum absolute atomic E-state index is 0.173. The first kappa shape index (κ1) is 11.9. The molecule has 0 heterocycles. The monoisotopic (exact) mass is 275 g/mol. The van der Waals surface area contributed by atoms with Crippen molar-refractivity contribution in [2.24, 2.45) is 0 Å². The van der Waals surface area contributed by atoms with Crippen molar-refractivity contribution in [2.45, 2.75) is 37.0 Å². The molecule has 14 heavy (non-hydrogen) atoms. The molecule has 1 rings (SSSR count). The Bertz CT molecular complexity index is 259. The van der Waals surface area contributed by atoms with Crippen molar-refractivity contribution in [1.82, 2.24) is 5.32 Å². The number of nitrogens with one attached hydrogen (secondary N) is 1. The highest BCUT2D eigenvalue weighted by Crippen LogP contribution is 2.26. The molecular formula is C10H14BrNOS. The molecule has 1 fully saturated rings. The van der Waals surface area contributed by atoms with E-state index in [9.17, 15) is 4.79 Å². The quantitative estimate of drug-likeness (QED) is 0.783. The molecule has 78 valence electrons. The van der Waals surface area contributed by atoms with Crippen LogP contribution in [0.1, 0.15) is 25.7 Å².